The molecule has 0 aliphatic carbocycles. The van der Waals surface area contributed by atoms with Gasteiger partial charge >= 0.3 is 5.97 Å². The van der Waals surface area contributed by atoms with E-state index in [1.54, 1.807) is 13.1 Å². The van der Waals surface area contributed by atoms with Gasteiger partial charge in [-0.1, -0.05) is 13.8 Å². The minimum absolute atomic E-state index is 0.145. The summed E-state index contributed by atoms with van der Waals surface area (Å²) in [5, 5.41) is 10.1. The summed E-state index contributed by atoms with van der Waals surface area (Å²) in [7, 11) is 0. The van der Waals surface area contributed by atoms with Crippen LogP contribution < -0.4 is 0 Å². The first-order valence-corrected chi connectivity index (χ1v) is 5.78. The molecule has 0 bridgehead atoms. The van der Waals surface area contributed by atoms with Gasteiger partial charge in [-0.15, -0.1) is 0 Å². The van der Waals surface area contributed by atoms with Crippen molar-refractivity contribution in [2.45, 2.75) is 26.7 Å². The van der Waals surface area contributed by atoms with Gasteiger partial charge in [0.2, 0.25) is 0 Å². The van der Waals surface area contributed by atoms with E-state index in [1.165, 1.54) is 11.5 Å². The summed E-state index contributed by atoms with van der Waals surface area (Å²) in [6.45, 7) is 5.70. The SMILES string of the molecule is Cc1nc2sncc2c(C(C)C)c1C(=O)O. The van der Waals surface area contributed by atoms with E-state index in [1.807, 2.05) is 13.8 Å². The first-order chi connectivity index (χ1) is 7.52. The van der Waals surface area contributed by atoms with Gasteiger partial charge in [-0.2, -0.15) is 4.37 Å². The van der Waals surface area contributed by atoms with Crippen molar-refractivity contribution in [3.05, 3.63) is 23.0 Å². The molecule has 0 radical (unpaired) electrons. The van der Waals surface area contributed by atoms with E-state index in [4.69, 9.17) is 0 Å². The minimum Gasteiger partial charge on any atom is -0.478 e. The van der Waals surface area contributed by atoms with Gasteiger partial charge in [-0.25, -0.2) is 9.78 Å². The molecular weight excluding hydrogens is 224 g/mol. The van der Waals surface area contributed by atoms with E-state index in [2.05, 4.69) is 9.36 Å². The quantitative estimate of drug-likeness (QED) is 0.870. The normalized spacial score (nSPS) is 11.2. The smallest absolute Gasteiger partial charge is 0.337 e. The number of hydrogen-bond acceptors (Lipinski definition) is 4. The van der Waals surface area contributed by atoms with Crippen LogP contribution in [0.2, 0.25) is 0 Å². The molecular formula is C11H12N2O2S. The molecule has 2 aromatic heterocycles. The van der Waals surface area contributed by atoms with E-state index in [0.29, 0.717) is 11.3 Å². The van der Waals surface area contributed by atoms with Crippen LogP contribution >= 0.6 is 11.5 Å². The first kappa shape index (κ1) is 11.0. The number of carbonyl (C=O) groups is 1. The molecule has 0 aliphatic heterocycles. The number of aryl methyl sites for hydroxylation is 1. The number of hydrogen-bond donors (Lipinski definition) is 1. The molecule has 0 fully saturated rings. The molecule has 0 amide bonds. The standard InChI is InChI=1S/C11H12N2O2S/c1-5(2)8-7-4-12-16-10(7)13-6(3)9(8)11(14)15/h4-5H,1-3H3,(H,14,15). The number of carboxylic acid groups (broad SMARTS) is 1. The Morgan fingerprint density at radius 1 is 1.50 bits per heavy atom. The van der Waals surface area contributed by atoms with Crippen LogP contribution in [-0.4, -0.2) is 20.4 Å². The Hall–Kier alpha value is -1.49. The van der Waals surface area contributed by atoms with Crippen molar-refractivity contribution in [3.63, 3.8) is 0 Å². The summed E-state index contributed by atoms with van der Waals surface area (Å²) in [5.41, 5.74) is 1.72. The van der Waals surface area contributed by atoms with E-state index in [9.17, 15) is 9.90 Å². The van der Waals surface area contributed by atoms with Crippen molar-refractivity contribution in [1.29, 1.82) is 0 Å². The maximum atomic E-state index is 11.3. The molecule has 0 unspecified atom stereocenters. The highest BCUT2D eigenvalue weighted by molar-refractivity contribution is 7.12. The lowest BCUT2D eigenvalue weighted by molar-refractivity contribution is 0.0694. The molecule has 2 rings (SSSR count). The predicted octanol–water partition coefficient (Wildman–Crippen LogP) is 2.82. The summed E-state index contributed by atoms with van der Waals surface area (Å²) < 4.78 is 4.07. The second-order valence-electron chi connectivity index (χ2n) is 3.99. The molecule has 0 aliphatic rings. The van der Waals surface area contributed by atoms with Crippen LogP contribution in [0, 0.1) is 6.92 Å². The molecule has 2 aromatic rings. The van der Waals surface area contributed by atoms with Gasteiger partial charge in [0.1, 0.15) is 4.83 Å². The topological polar surface area (TPSA) is 63.1 Å². The maximum absolute atomic E-state index is 11.3. The fourth-order valence-corrected chi connectivity index (χ4v) is 2.60. The Balaban J connectivity index is 2.90. The van der Waals surface area contributed by atoms with Crippen molar-refractivity contribution < 1.29 is 9.90 Å². The van der Waals surface area contributed by atoms with Gasteiger partial charge in [0.05, 0.1) is 17.5 Å². The highest BCUT2D eigenvalue weighted by Gasteiger charge is 2.21. The Labute approximate surface area is 97.1 Å². The average Bonchev–Trinajstić information content (AvgIpc) is 2.61. The Kier molecular flexibility index (Phi) is 2.63. The zero-order valence-corrected chi connectivity index (χ0v) is 10.1. The van der Waals surface area contributed by atoms with Gasteiger partial charge < -0.3 is 5.11 Å². The van der Waals surface area contributed by atoms with Crippen LogP contribution in [0.1, 0.15) is 41.4 Å². The summed E-state index contributed by atoms with van der Waals surface area (Å²) in [6, 6.07) is 0. The molecule has 0 saturated carbocycles. The number of pyridine rings is 1. The molecule has 5 heteroatoms. The number of carboxylic acids is 1. The molecule has 84 valence electrons. The van der Waals surface area contributed by atoms with Crippen molar-refractivity contribution in [3.8, 4) is 0 Å². The summed E-state index contributed by atoms with van der Waals surface area (Å²) >= 11 is 1.30. The third-order valence-corrected chi connectivity index (χ3v) is 3.23. The second kappa shape index (κ2) is 3.83. The number of aromatic carboxylic acids is 1. The molecule has 2 heterocycles. The Morgan fingerprint density at radius 3 is 2.75 bits per heavy atom. The van der Waals surface area contributed by atoms with Crippen molar-refractivity contribution >= 4 is 27.7 Å². The van der Waals surface area contributed by atoms with Gasteiger partial charge in [0, 0.05) is 5.39 Å². The lowest BCUT2D eigenvalue weighted by Gasteiger charge is -2.12. The van der Waals surface area contributed by atoms with Gasteiger partial charge in [0.15, 0.2) is 0 Å². The van der Waals surface area contributed by atoms with E-state index < -0.39 is 5.97 Å². The molecule has 16 heavy (non-hydrogen) atoms. The average molecular weight is 236 g/mol. The van der Waals surface area contributed by atoms with Crippen molar-refractivity contribution in [1.82, 2.24) is 9.36 Å². The first-order valence-electron chi connectivity index (χ1n) is 5.00. The zero-order chi connectivity index (χ0) is 11.9. The molecule has 1 N–H and O–H groups in total. The number of nitrogens with zero attached hydrogens (tertiary/aromatic N) is 2. The number of aromatic nitrogens is 2. The maximum Gasteiger partial charge on any atom is 0.337 e. The fraction of sp³-hybridized carbons (Fsp3) is 0.364. The molecule has 4 nitrogen and oxygen atoms in total. The zero-order valence-electron chi connectivity index (χ0n) is 9.31. The van der Waals surface area contributed by atoms with Gasteiger partial charge in [0.25, 0.3) is 0 Å². The van der Waals surface area contributed by atoms with Crippen LogP contribution in [0.3, 0.4) is 0 Å². The van der Waals surface area contributed by atoms with Crippen LogP contribution in [0.15, 0.2) is 6.20 Å². The Morgan fingerprint density at radius 2 is 2.19 bits per heavy atom. The van der Waals surface area contributed by atoms with Crippen molar-refractivity contribution in [2.75, 3.05) is 0 Å². The Bertz CT molecular complexity index is 560. The number of fused-ring (bicyclic) bond motifs is 1. The van der Waals surface area contributed by atoms with Crippen LogP contribution in [-0.2, 0) is 0 Å². The van der Waals surface area contributed by atoms with E-state index in [0.717, 1.165) is 15.8 Å². The molecule has 0 saturated heterocycles. The summed E-state index contributed by atoms with van der Waals surface area (Å²) in [6.07, 6.45) is 1.70. The minimum atomic E-state index is -0.915. The third kappa shape index (κ3) is 1.57. The van der Waals surface area contributed by atoms with Crippen LogP contribution in [0.5, 0.6) is 0 Å². The molecule has 0 spiro atoms. The monoisotopic (exact) mass is 236 g/mol. The molecule has 0 atom stereocenters. The third-order valence-electron chi connectivity index (χ3n) is 2.53. The van der Waals surface area contributed by atoms with Crippen LogP contribution in [0.4, 0.5) is 0 Å². The lowest BCUT2D eigenvalue weighted by Crippen LogP contribution is -2.08. The predicted molar refractivity (Wildman–Crippen MR) is 63.2 cm³/mol. The highest BCUT2D eigenvalue weighted by atomic mass is 32.1. The van der Waals surface area contributed by atoms with Crippen molar-refractivity contribution in [2.24, 2.45) is 0 Å². The largest absolute Gasteiger partial charge is 0.478 e. The fourth-order valence-electron chi connectivity index (χ4n) is 1.91. The molecule has 0 aromatic carbocycles. The van der Waals surface area contributed by atoms with Gasteiger partial charge in [-0.3, -0.25) is 0 Å². The summed E-state index contributed by atoms with van der Waals surface area (Å²) in [4.78, 5) is 16.3. The van der Waals surface area contributed by atoms with Gasteiger partial charge in [-0.05, 0) is 29.9 Å². The number of rotatable bonds is 2. The lowest BCUT2D eigenvalue weighted by atomic mass is 9.94. The van der Waals surface area contributed by atoms with Crippen LogP contribution in [0.25, 0.3) is 10.2 Å². The van der Waals surface area contributed by atoms with E-state index >= 15 is 0 Å². The van der Waals surface area contributed by atoms with E-state index in [-0.39, 0.29) is 5.92 Å². The highest BCUT2D eigenvalue weighted by Crippen LogP contribution is 2.31. The summed E-state index contributed by atoms with van der Waals surface area (Å²) in [5.74, 6) is -0.770. The second-order valence-corrected chi connectivity index (χ2v) is 4.77.